The minimum Gasteiger partial charge on any atom is -0.347 e. The molecule has 0 aliphatic carbocycles. The van der Waals surface area contributed by atoms with Gasteiger partial charge in [0.1, 0.15) is 6.29 Å². The van der Waals surface area contributed by atoms with E-state index in [1.165, 1.54) is 5.57 Å². The smallest absolute Gasteiger partial charge is 0.163 e. The Bertz CT molecular complexity index is 359. The van der Waals surface area contributed by atoms with E-state index in [0.29, 0.717) is 5.92 Å². The highest BCUT2D eigenvalue weighted by molar-refractivity contribution is 5.54. The largest absolute Gasteiger partial charge is 0.347 e. The zero-order chi connectivity index (χ0) is 15.5. The fraction of sp³-hybridized carbons (Fsp3) is 0.824. The van der Waals surface area contributed by atoms with Gasteiger partial charge in [0.2, 0.25) is 0 Å². The summed E-state index contributed by atoms with van der Waals surface area (Å²) in [4.78, 5) is 11.1. The van der Waals surface area contributed by atoms with Crippen molar-refractivity contribution in [3.8, 4) is 0 Å². The highest BCUT2D eigenvalue weighted by atomic mass is 16.7. The summed E-state index contributed by atoms with van der Waals surface area (Å²) < 4.78 is 12.1. The summed E-state index contributed by atoms with van der Waals surface area (Å²) in [6.45, 7) is 14.4. The number of allylic oxidation sites excluding steroid dienone is 2. The second-order valence-corrected chi connectivity index (χ2v) is 6.74. The highest BCUT2D eigenvalue weighted by Gasteiger charge is 2.44. The Hall–Kier alpha value is -0.670. The number of aldehydes is 1. The predicted molar refractivity (Wildman–Crippen MR) is 81.4 cm³/mol. The van der Waals surface area contributed by atoms with E-state index in [2.05, 4.69) is 33.8 Å². The van der Waals surface area contributed by atoms with E-state index < -0.39 is 5.79 Å². The number of hydrogen-bond acceptors (Lipinski definition) is 3. The molecule has 5 atom stereocenters. The Morgan fingerprint density at radius 3 is 2.30 bits per heavy atom. The normalized spacial score (nSPS) is 33.5. The Kier molecular flexibility index (Phi) is 5.96. The van der Waals surface area contributed by atoms with E-state index in [1.807, 2.05) is 20.8 Å². The molecule has 3 nitrogen and oxygen atoms in total. The maximum absolute atomic E-state index is 11.1. The molecule has 1 heterocycles. The van der Waals surface area contributed by atoms with Crippen LogP contribution in [0.15, 0.2) is 11.6 Å². The van der Waals surface area contributed by atoms with Crippen LogP contribution in [0.3, 0.4) is 0 Å². The summed E-state index contributed by atoms with van der Waals surface area (Å²) in [5.74, 6) is -0.115. The van der Waals surface area contributed by atoms with Gasteiger partial charge in [0.05, 0.1) is 12.2 Å². The van der Waals surface area contributed by atoms with Crippen LogP contribution in [0.25, 0.3) is 0 Å². The number of rotatable bonds is 5. The van der Waals surface area contributed by atoms with Crippen molar-refractivity contribution in [2.24, 2.45) is 17.8 Å². The van der Waals surface area contributed by atoms with Gasteiger partial charge in [-0.15, -0.1) is 0 Å². The molecule has 3 heteroatoms. The summed E-state index contributed by atoms with van der Waals surface area (Å²) in [6.07, 6.45) is 4.19. The molecule has 0 bridgehead atoms. The fourth-order valence-electron chi connectivity index (χ4n) is 3.12. The Balaban J connectivity index is 2.90. The van der Waals surface area contributed by atoms with Gasteiger partial charge in [-0.05, 0) is 40.0 Å². The van der Waals surface area contributed by atoms with Gasteiger partial charge in [0, 0.05) is 11.8 Å². The van der Waals surface area contributed by atoms with Crippen LogP contribution in [-0.4, -0.2) is 24.3 Å². The third-order valence-corrected chi connectivity index (χ3v) is 4.31. The zero-order valence-corrected chi connectivity index (χ0v) is 14.0. The van der Waals surface area contributed by atoms with Crippen LogP contribution in [0.1, 0.15) is 54.9 Å². The molecule has 1 fully saturated rings. The summed E-state index contributed by atoms with van der Waals surface area (Å²) in [5, 5.41) is 0. The van der Waals surface area contributed by atoms with Gasteiger partial charge < -0.3 is 14.3 Å². The van der Waals surface area contributed by atoms with Crippen molar-refractivity contribution in [2.45, 2.75) is 72.9 Å². The van der Waals surface area contributed by atoms with Crippen LogP contribution in [0.5, 0.6) is 0 Å². The van der Waals surface area contributed by atoms with Crippen molar-refractivity contribution in [2.75, 3.05) is 0 Å². The molecule has 0 amide bonds. The van der Waals surface area contributed by atoms with Gasteiger partial charge in [-0.25, -0.2) is 0 Å². The molecule has 0 aromatic rings. The fourth-order valence-corrected chi connectivity index (χ4v) is 3.12. The second kappa shape index (κ2) is 6.86. The average Bonchev–Trinajstić information content (AvgIpc) is 2.39. The van der Waals surface area contributed by atoms with Gasteiger partial charge in [-0.3, -0.25) is 0 Å². The molecule has 0 aromatic carbocycles. The van der Waals surface area contributed by atoms with E-state index >= 15 is 0 Å². The van der Waals surface area contributed by atoms with Gasteiger partial charge >= 0.3 is 0 Å². The van der Waals surface area contributed by atoms with E-state index in [9.17, 15) is 4.79 Å². The molecule has 1 aliphatic heterocycles. The Morgan fingerprint density at radius 2 is 1.80 bits per heavy atom. The average molecular weight is 282 g/mol. The first kappa shape index (κ1) is 17.4. The predicted octanol–water partition coefficient (Wildman–Crippen LogP) is 3.97. The van der Waals surface area contributed by atoms with Crippen LogP contribution in [0.2, 0.25) is 0 Å². The van der Waals surface area contributed by atoms with Gasteiger partial charge in [0.25, 0.3) is 0 Å². The first-order valence-electron chi connectivity index (χ1n) is 7.64. The van der Waals surface area contributed by atoms with Crippen LogP contribution in [0.4, 0.5) is 0 Å². The van der Waals surface area contributed by atoms with Crippen molar-refractivity contribution in [3.05, 3.63) is 11.6 Å². The van der Waals surface area contributed by atoms with Crippen molar-refractivity contribution in [1.82, 2.24) is 0 Å². The van der Waals surface area contributed by atoms with E-state index in [-0.39, 0.29) is 24.0 Å². The lowest BCUT2D eigenvalue weighted by molar-refractivity contribution is -0.331. The standard InChI is InChI=1S/C17H30O3/c1-8-11(2)9-12(3)15-14(5)16(13(4)10-18)20-17(6,7)19-15/h8,10,12-16H,9H2,1-7H3/b11-8+/t12-,13+,14+,15-,16-/m0/s1. The summed E-state index contributed by atoms with van der Waals surface area (Å²) in [6, 6.07) is 0. The SMILES string of the molecule is C/C=C(\C)C[C@H](C)[C@@H]1OC(C)(C)O[C@@H]([C@H](C)C=O)[C@@H]1C. The highest BCUT2D eigenvalue weighted by Crippen LogP contribution is 2.38. The first-order valence-corrected chi connectivity index (χ1v) is 7.64. The van der Waals surface area contributed by atoms with Crippen LogP contribution >= 0.6 is 0 Å². The van der Waals surface area contributed by atoms with Gasteiger partial charge in [0.15, 0.2) is 5.79 Å². The maximum Gasteiger partial charge on any atom is 0.163 e. The molecule has 0 saturated carbocycles. The van der Waals surface area contributed by atoms with Crippen molar-refractivity contribution in [1.29, 1.82) is 0 Å². The number of carbonyl (C=O) groups excluding carboxylic acids is 1. The minimum absolute atomic E-state index is 0.0744. The number of carbonyl (C=O) groups is 1. The maximum atomic E-state index is 11.1. The minimum atomic E-state index is -0.628. The molecular weight excluding hydrogens is 252 g/mol. The van der Waals surface area contributed by atoms with Crippen LogP contribution in [0, 0.1) is 17.8 Å². The third kappa shape index (κ3) is 4.16. The summed E-state index contributed by atoms with van der Waals surface area (Å²) >= 11 is 0. The second-order valence-electron chi connectivity index (χ2n) is 6.74. The summed E-state index contributed by atoms with van der Waals surface area (Å²) in [5.41, 5.74) is 1.37. The summed E-state index contributed by atoms with van der Waals surface area (Å²) in [7, 11) is 0. The lowest BCUT2D eigenvalue weighted by Crippen LogP contribution is -2.54. The molecule has 0 aromatic heterocycles. The molecule has 0 N–H and O–H groups in total. The van der Waals surface area contributed by atoms with Crippen molar-refractivity contribution >= 4 is 6.29 Å². The van der Waals surface area contributed by atoms with Gasteiger partial charge in [-0.1, -0.05) is 32.4 Å². The van der Waals surface area contributed by atoms with Crippen LogP contribution < -0.4 is 0 Å². The van der Waals surface area contributed by atoms with Crippen LogP contribution in [-0.2, 0) is 14.3 Å². The molecule has 20 heavy (non-hydrogen) atoms. The molecule has 1 aliphatic rings. The zero-order valence-electron chi connectivity index (χ0n) is 14.0. The Labute approximate surface area is 123 Å². The lowest BCUT2D eigenvalue weighted by Gasteiger charge is -2.48. The molecule has 0 unspecified atom stereocenters. The third-order valence-electron chi connectivity index (χ3n) is 4.31. The molecular formula is C17H30O3. The van der Waals surface area contributed by atoms with E-state index in [4.69, 9.17) is 9.47 Å². The van der Waals surface area contributed by atoms with Gasteiger partial charge in [-0.2, -0.15) is 0 Å². The Morgan fingerprint density at radius 1 is 1.25 bits per heavy atom. The van der Waals surface area contributed by atoms with Crippen molar-refractivity contribution in [3.63, 3.8) is 0 Å². The van der Waals surface area contributed by atoms with Crippen molar-refractivity contribution < 1.29 is 14.3 Å². The monoisotopic (exact) mass is 282 g/mol. The molecule has 116 valence electrons. The molecule has 1 saturated heterocycles. The lowest BCUT2D eigenvalue weighted by atomic mass is 9.81. The topological polar surface area (TPSA) is 35.5 Å². The molecule has 1 rings (SSSR count). The number of ether oxygens (including phenoxy) is 2. The van der Waals surface area contributed by atoms with E-state index in [1.54, 1.807) is 0 Å². The first-order chi connectivity index (χ1) is 9.21. The molecule has 0 radical (unpaired) electrons. The quantitative estimate of drug-likeness (QED) is 0.565. The molecule has 0 spiro atoms. The number of hydrogen-bond donors (Lipinski definition) is 0. The van der Waals surface area contributed by atoms with E-state index in [0.717, 1.165) is 12.7 Å².